The van der Waals surface area contributed by atoms with Gasteiger partial charge in [-0.2, -0.15) is 15.0 Å². The van der Waals surface area contributed by atoms with Crippen molar-refractivity contribution in [1.82, 2.24) is 9.66 Å². The summed E-state index contributed by atoms with van der Waals surface area (Å²) in [6.45, 7) is 5.87. The van der Waals surface area contributed by atoms with Gasteiger partial charge in [0.05, 0.1) is 24.2 Å². The van der Waals surface area contributed by atoms with Crippen LogP contribution in [0, 0.1) is 11.3 Å². The summed E-state index contributed by atoms with van der Waals surface area (Å²) in [5, 5.41) is 13.6. The van der Waals surface area contributed by atoms with Gasteiger partial charge < -0.3 is 9.47 Å². The Kier molecular flexibility index (Phi) is 6.22. The highest BCUT2D eigenvalue weighted by atomic mass is 79.9. The first-order valence-electron chi connectivity index (χ1n) is 9.19. The Hall–Kier alpha value is -3.18. The van der Waals surface area contributed by atoms with Crippen molar-refractivity contribution in [2.24, 2.45) is 5.10 Å². The molecule has 0 amide bonds. The molecule has 0 radical (unpaired) electrons. The minimum absolute atomic E-state index is 0.0769. The van der Waals surface area contributed by atoms with Gasteiger partial charge in [0.1, 0.15) is 11.9 Å². The molecule has 3 rings (SSSR count). The summed E-state index contributed by atoms with van der Waals surface area (Å²) in [6, 6.07) is 12.5. The van der Waals surface area contributed by atoms with Gasteiger partial charge in [-0.05, 0) is 42.0 Å². The van der Waals surface area contributed by atoms with Gasteiger partial charge in [0.25, 0.3) is 5.56 Å². The van der Waals surface area contributed by atoms with Gasteiger partial charge >= 0.3 is 0 Å². The maximum atomic E-state index is 13.2. The fraction of sp³-hybridized carbons (Fsp3) is 0.273. The smallest absolute Gasteiger partial charge is 0.282 e. The molecule has 0 atom stereocenters. The van der Waals surface area contributed by atoms with Crippen LogP contribution in [0.3, 0.4) is 0 Å². The standard InChI is InChI=1S/C22H21BrN4O3/c1-22(2,3)21-26-17-7-6-15(23)12-16(17)20(28)27(21)25-13-14-5-8-18(30-10-9-24)19(11-14)29-4/h5-8,11-13H,10H2,1-4H3. The SMILES string of the molecule is COc1cc(C=Nn2c(C(C)(C)C)nc3ccc(Br)cc3c2=O)ccc1OCC#N. The molecule has 0 aliphatic heterocycles. The van der Waals surface area contributed by atoms with E-state index >= 15 is 0 Å². The molecule has 154 valence electrons. The van der Waals surface area contributed by atoms with E-state index in [4.69, 9.17) is 19.7 Å². The van der Waals surface area contributed by atoms with E-state index in [-0.39, 0.29) is 12.2 Å². The summed E-state index contributed by atoms with van der Waals surface area (Å²) in [7, 11) is 1.52. The number of rotatable bonds is 5. The van der Waals surface area contributed by atoms with E-state index in [1.807, 2.05) is 39.0 Å². The molecule has 0 fully saturated rings. The Labute approximate surface area is 182 Å². The molecule has 0 aliphatic rings. The molecule has 3 aromatic rings. The molecule has 1 aromatic heterocycles. The molecule has 0 unspecified atom stereocenters. The van der Waals surface area contributed by atoms with Crippen LogP contribution in [0.25, 0.3) is 10.9 Å². The average Bonchev–Trinajstić information content (AvgIpc) is 2.71. The van der Waals surface area contributed by atoms with Gasteiger partial charge in [0.15, 0.2) is 18.1 Å². The largest absolute Gasteiger partial charge is 0.493 e. The summed E-state index contributed by atoms with van der Waals surface area (Å²) in [6.07, 6.45) is 1.57. The van der Waals surface area contributed by atoms with E-state index in [9.17, 15) is 4.79 Å². The number of nitrogens with zero attached hydrogens (tertiary/aromatic N) is 4. The minimum Gasteiger partial charge on any atom is -0.493 e. The van der Waals surface area contributed by atoms with Crippen LogP contribution in [0.2, 0.25) is 0 Å². The Bertz CT molecular complexity index is 1220. The first-order valence-corrected chi connectivity index (χ1v) is 9.99. The van der Waals surface area contributed by atoms with Crippen LogP contribution in [-0.4, -0.2) is 29.6 Å². The summed E-state index contributed by atoms with van der Waals surface area (Å²) in [5.41, 5.74) is 0.686. The lowest BCUT2D eigenvalue weighted by molar-refractivity contribution is 0.329. The molecule has 0 aliphatic carbocycles. The van der Waals surface area contributed by atoms with Crippen molar-refractivity contribution in [3.63, 3.8) is 0 Å². The number of fused-ring (bicyclic) bond motifs is 1. The molecule has 0 spiro atoms. The quantitative estimate of drug-likeness (QED) is 0.522. The van der Waals surface area contributed by atoms with E-state index in [0.29, 0.717) is 33.8 Å². The lowest BCUT2D eigenvalue weighted by Crippen LogP contribution is -2.29. The monoisotopic (exact) mass is 468 g/mol. The first kappa shape index (κ1) is 21.5. The van der Waals surface area contributed by atoms with Gasteiger partial charge in [-0.1, -0.05) is 36.7 Å². The number of ether oxygens (including phenoxy) is 2. The second-order valence-corrected chi connectivity index (χ2v) is 8.48. The van der Waals surface area contributed by atoms with Crippen LogP contribution in [0.1, 0.15) is 32.2 Å². The zero-order valence-corrected chi connectivity index (χ0v) is 18.7. The van der Waals surface area contributed by atoms with Gasteiger partial charge in [0, 0.05) is 9.89 Å². The molecule has 2 aromatic carbocycles. The first-order chi connectivity index (χ1) is 14.2. The normalized spacial score (nSPS) is 11.6. The maximum Gasteiger partial charge on any atom is 0.282 e. The zero-order chi connectivity index (χ0) is 21.9. The van der Waals surface area contributed by atoms with Crippen molar-refractivity contribution in [3.8, 4) is 17.6 Å². The highest BCUT2D eigenvalue weighted by Crippen LogP contribution is 2.28. The van der Waals surface area contributed by atoms with Crippen LogP contribution in [0.15, 0.2) is 50.8 Å². The molecule has 7 nitrogen and oxygen atoms in total. The molecule has 0 saturated carbocycles. The molecular formula is C22H21BrN4O3. The predicted molar refractivity (Wildman–Crippen MR) is 119 cm³/mol. The topological polar surface area (TPSA) is 89.5 Å². The van der Waals surface area contributed by atoms with E-state index in [1.54, 1.807) is 30.5 Å². The highest BCUT2D eigenvalue weighted by molar-refractivity contribution is 9.10. The van der Waals surface area contributed by atoms with Gasteiger partial charge in [-0.25, -0.2) is 4.98 Å². The molecule has 0 saturated heterocycles. The van der Waals surface area contributed by atoms with Crippen LogP contribution < -0.4 is 15.0 Å². The van der Waals surface area contributed by atoms with Crippen molar-refractivity contribution in [1.29, 1.82) is 5.26 Å². The van der Waals surface area contributed by atoms with Crippen molar-refractivity contribution in [3.05, 3.63) is 62.6 Å². The Balaban J connectivity index is 2.10. The van der Waals surface area contributed by atoms with Gasteiger partial charge in [-0.3, -0.25) is 4.79 Å². The zero-order valence-electron chi connectivity index (χ0n) is 17.1. The van der Waals surface area contributed by atoms with E-state index in [2.05, 4.69) is 21.0 Å². The third-order valence-corrected chi connectivity index (χ3v) is 4.77. The fourth-order valence-corrected chi connectivity index (χ4v) is 3.22. The van der Waals surface area contributed by atoms with Crippen LogP contribution in [0.4, 0.5) is 0 Å². The average molecular weight is 469 g/mol. The molecule has 1 heterocycles. The number of nitriles is 1. The van der Waals surface area contributed by atoms with Crippen molar-refractivity contribution in [2.45, 2.75) is 26.2 Å². The second-order valence-electron chi connectivity index (χ2n) is 7.57. The molecule has 8 heteroatoms. The lowest BCUT2D eigenvalue weighted by atomic mass is 9.95. The molecule has 0 N–H and O–H groups in total. The van der Waals surface area contributed by atoms with Crippen molar-refractivity contribution >= 4 is 33.0 Å². The number of benzene rings is 2. The Morgan fingerprint density at radius 2 is 2.00 bits per heavy atom. The van der Waals surface area contributed by atoms with Crippen LogP contribution in [-0.2, 0) is 5.41 Å². The van der Waals surface area contributed by atoms with Gasteiger partial charge in [-0.15, -0.1) is 0 Å². The lowest BCUT2D eigenvalue weighted by Gasteiger charge is -2.20. The fourth-order valence-electron chi connectivity index (χ4n) is 2.86. The number of hydrogen-bond donors (Lipinski definition) is 0. The number of aromatic nitrogens is 2. The van der Waals surface area contributed by atoms with Crippen molar-refractivity contribution < 1.29 is 9.47 Å². The number of halogens is 1. The number of hydrogen-bond acceptors (Lipinski definition) is 6. The minimum atomic E-state index is -0.398. The second kappa shape index (κ2) is 8.67. The predicted octanol–water partition coefficient (Wildman–Crippen LogP) is 4.25. The Morgan fingerprint density at radius 3 is 2.67 bits per heavy atom. The molecule has 30 heavy (non-hydrogen) atoms. The third kappa shape index (κ3) is 4.52. The summed E-state index contributed by atoms with van der Waals surface area (Å²) in [4.78, 5) is 17.9. The highest BCUT2D eigenvalue weighted by Gasteiger charge is 2.22. The van der Waals surface area contributed by atoms with Gasteiger partial charge in [0.2, 0.25) is 0 Å². The van der Waals surface area contributed by atoms with E-state index in [1.165, 1.54) is 11.8 Å². The Morgan fingerprint density at radius 1 is 1.23 bits per heavy atom. The summed E-state index contributed by atoms with van der Waals surface area (Å²) >= 11 is 3.41. The molecular weight excluding hydrogens is 448 g/mol. The molecule has 0 bridgehead atoms. The van der Waals surface area contributed by atoms with E-state index < -0.39 is 5.41 Å². The van der Waals surface area contributed by atoms with Crippen molar-refractivity contribution in [2.75, 3.05) is 13.7 Å². The van der Waals surface area contributed by atoms with E-state index in [0.717, 1.165) is 4.47 Å². The number of methoxy groups -OCH3 is 1. The maximum absolute atomic E-state index is 13.2. The van der Waals surface area contributed by atoms with Crippen LogP contribution >= 0.6 is 15.9 Å². The third-order valence-electron chi connectivity index (χ3n) is 4.28. The summed E-state index contributed by atoms with van der Waals surface area (Å²) < 4.78 is 12.8. The van der Waals surface area contributed by atoms with Crippen LogP contribution in [0.5, 0.6) is 11.5 Å². The summed E-state index contributed by atoms with van der Waals surface area (Å²) in [5.74, 6) is 1.48.